The first-order chi connectivity index (χ1) is 10.3. The summed E-state index contributed by atoms with van der Waals surface area (Å²) in [5.74, 6) is -0.265. The van der Waals surface area contributed by atoms with Gasteiger partial charge in [0.2, 0.25) is 5.91 Å². The summed E-state index contributed by atoms with van der Waals surface area (Å²) in [5, 5.41) is 2.83. The lowest BCUT2D eigenvalue weighted by molar-refractivity contribution is -0.134. The van der Waals surface area contributed by atoms with E-state index in [1.54, 1.807) is 11.8 Å². The van der Waals surface area contributed by atoms with Crippen molar-refractivity contribution >= 4 is 40.1 Å². The molecule has 1 fully saturated rings. The molecule has 1 heterocycles. The summed E-state index contributed by atoms with van der Waals surface area (Å²) in [6.07, 6.45) is 0.355. The van der Waals surface area contributed by atoms with Gasteiger partial charge in [-0.1, -0.05) is 61.2 Å². The Morgan fingerprint density at radius 2 is 2.00 bits per heavy atom. The Morgan fingerprint density at radius 1 is 1.36 bits per heavy atom. The largest absolute Gasteiger partial charge is 0.343 e. The smallest absolute Gasteiger partial charge is 0.252 e. The van der Waals surface area contributed by atoms with Gasteiger partial charge in [0, 0.05) is 11.2 Å². The van der Waals surface area contributed by atoms with Gasteiger partial charge >= 0.3 is 0 Å². The average molecular weight is 336 g/mol. The number of amides is 2. The SMILES string of the molecule is CCC(=O)NC1C(=O)N(Cc2ccccc2)C(=S)SC1(C)C. The van der Waals surface area contributed by atoms with Crippen molar-refractivity contribution in [1.29, 1.82) is 0 Å². The van der Waals surface area contributed by atoms with E-state index in [1.807, 2.05) is 44.2 Å². The average Bonchev–Trinajstić information content (AvgIpc) is 2.48. The third-order valence-corrected chi connectivity index (χ3v) is 5.22. The second kappa shape index (κ2) is 6.79. The van der Waals surface area contributed by atoms with E-state index in [0.29, 0.717) is 17.3 Å². The number of benzene rings is 1. The molecule has 1 aromatic rings. The normalized spacial score (nSPS) is 20.9. The van der Waals surface area contributed by atoms with Crippen LogP contribution in [0.4, 0.5) is 0 Å². The second-order valence-electron chi connectivity index (χ2n) is 5.74. The van der Waals surface area contributed by atoms with Crippen molar-refractivity contribution < 1.29 is 9.59 Å². The van der Waals surface area contributed by atoms with Gasteiger partial charge in [0.15, 0.2) is 0 Å². The first-order valence-corrected chi connectivity index (χ1v) is 8.45. The van der Waals surface area contributed by atoms with Gasteiger partial charge in [0.25, 0.3) is 5.91 Å². The molecule has 0 bridgehead atoms. The lowest BCUT2D eigenvalue weighted by Gasteiger charge is -2.42. The van der Waals surface area contributed by atoms with Gasteiger partial charge in [0.05, 0.1) is 6.54 Å². The van der Waals surface area contributed by atoms with E-state index in [4.69, 9.17) is 12.2 Å². The molecule has 1 aliphatic rings. The molecular formula is C16H20N2O2S2. The van der Waals surface area contributed by atoms with Gasteiger partial charge in [-0.25, -0.2) is 0 Å². The number of carbonyl (C=O) groups is 2. The molecule has 0 aliphatic carbocycles. The number of thiocarbonyl (C=S) groups is 1. The Labute approximate surface area is 140 Å². The van der Waals surface area contributed by atoms with Crippen molar-refractivity contribution in [3.63, 3.8) is 0 Å². The quantitative estimate of drug-likeness (QED) is 0.859. The third-order valence-electron chi connectivity index (χ3n) is 3.59. The zero-order chi connectivity index (χ0) is 16.3. The van der Waals surface area contributed by atoms with Gasteiger partial charge in [0.1, 0.15) is 10.4 Å². The predicted octanol–water partition coefficient (Wildman–Crippen LogP) is 2.72. The highest BCUT2D eigenvalue weighted by molar-refractivity contribution is 8.24. The molecule has 0 aromatic heterocycles. The molecule has 1 N–H and O–H groups in total. The molecule has 2 amide bonds. The van der Waals surface area contributed by atoms with E-state index >= 15 is 0 Å². The molecule has 0 radical (unpaired) electrons. The molecule has 1 aromatic carbocycles. The van der Waals surface area contributed by atoms with Crippen LogP contribution in [-0.2, 0) is 16.1 Å². The Hall–Kier alpha value is -1.40. The Kier molecular flexibility index (Phi) is 5.24. The second-order valence-corrected chi connectivity index (χ2v) is 8.02. The van der Waals surface area contributed by atoms with Crippen molar-refractivity contribution in [3.8, 4) is 0 Å². The summed E-state index contributed by atoms with van der Waals surface area (Å²) in [7, 11) is 0. The van der Waals surface area contributed by atoms with Gasteiger partial charge < -0.3 is 5.32 Å². The van der Waals surface area contributed by atoms with Crippen LogP contribution in [0.3, 0.4) is 0 Å². The number of hydrogen-bond donors (Lipinski definition) is 1. The summed E-state index contributed by atoms with van der Waals surface area (Å²) in [4.78, 5) is 26.1. The monoisotopic (exact) mass is 336 g/mol. The van der Waals surface area contributed by atoms with Gasteiger partial charge in [-0.15, -0.1) is 0 Å². The summed E-state index contributed by atoms with van der Waals surface area (Å²) in [5.41, 5.74) is 1.01. The first-order valence-electron chi connectivity index (χ1n) is 7.22. The van der Waals surface area contributed by atoms with Crippen molar-refractivity contribution in [2.24, 2.45) is 0 Å². The van der Waals surface area contributed by atoms with Crippen LogP contribution < -0.4 is 5.32 Å². The van der Waals surface area contributed by atoms with Crippen molar-refractivity contribution in [3.05, 3.63) is 35.9 Å². The highest BCUT2D eigenvalue weighted by atomic mass is 32.2. The zero-order valence-electron chi connectivity index (χ0n) is 13.0. The molecule has 2 rings (SSSR count). The standard InChI is InChI=1S/C16H20N2O2S2/c1-4-12(19)17-13-14(20)18(15(21)22-16(13,2)3)10-11-8-6-5-7-9-11/h5-9,13H,4,10H2,1-3H3,(H,17,19). The molecule has 118 valence electrons. The number of rotatable bonds is 4. The fraction of sp³-hybridized carbons (Fsp3) is 0.438. The van der Waals surface area contributed by atoms with Crippen molar-refractivity contribution in [1.82, 2.24) is 10.2 Å². The summed E-state index contributed by atoms with van der Waals surface area (Å²) in [6.45, 7) is 6.07. The van der Waals surface area contributed by atoms with E-state index in [1.165, 1.54) is 11.8 Å². The molecule has 0 saturated carbocycles. The maximum Gasteiger partial charge on any atom is 0.252 e. The molecule has 22 heavy (non-hydrogen) atoms. The maximum absolute atomic E-state index is 12.8. The van der Waals surface area contributed by atoms with Crippen LogP contribution in [0.2, 0.25) is 0 Å². The fourth-order valence-corrected chi connectivity index (χ4v) is 4.08. The minimum Gasteiger partial charge on any atom is -0.343 e. The summed E-state index contributed by atoms with van der Waals surface area (Å²) in [6, 6.07) is 9.14. The highest BCUT2D eigenvalue weighted by Crippen LogP contribution is 2.37. The number of nitrogens with one attached hydrogen (secondary N) is 1. The van der Waals surface area contributed by atoms with Gasteiger partial charge in [-0.3, -0.25) is 14.5 Å². The zero-order valence-corrected chi connectivity index (χ0v) is 14.6. The van der Waals surface area contributed by atoms with Crippen LogP contribution >= 0.6 is 24.0 Å². The Balaban J connectivity index is 2.22. The van der Waals surface area contributed by atoms with Crippen molar-refractivity contribution in [2.75, 3.05) is 0 Å². The summed E-state index contributed by atoms with van der Waals surface area (Å²) >= 11 is 6.86. The Bertz CT molecular complexity index is 587. The number of thioether (sulfide) groups is 1. The maximum atomic E-state index is 12.8. The fourth-order valence-electron chi connectivity index (χ4n) is 2.29. The number of carbonyl (C=O) groups excluding carboxylic acids is 2. The molecule has 1 unspecified atom stereocenters. The first kappa shape index (κ1) is 17.0. The molecule has 6 heteroatoms. The van der Waals surface area contributed by atoms with Crippen LogP contribution in [0.15, 0.2) is 30.3 Å². The molecular weight excluding hydrogens is 316 g/mol. The van der Waals surface area contributed by atoms with E-state index in [-0.39, 0.29) is 11.8 Å². The number of hydrogen-bond acceptors (Lipinski definition) is 4. The molecule has 1 aliphatic heterocycles. The predicted molar refractivity (Wildman–Crippen MR) is 93.5 cm³/mol. The van der Waals surface area contributed by atoms with Gasteiger partial charge in [-0.05, 0) is 19.4 Å². The highest BCUT2D eigenvalue weighted by Gasteiger charge is 2.46. The minimum absolute atomic E-state index is 0.125. The lowest BCUT2D eigenvalue weighted by Crippen LogP contribution is -2.61. The van der Waals surface area contributed by atoms with Crippen LogP contribution in [-0.4, -0.2) is 31.8 Å². The lowest BCUT2D eigenvalue weighted by atomic mass is 10.0. The van der Waals surface area contributed by atoms with Gasteiger partial charge in [-0.2, -0.15) is 0 Å². The molecule has 4 nitrogen and oxygen atoms in total. The van der Waals surface area contributed by atoms with Crippen LogP contribution in [0.1, 0.15) is 32.8 Å². The van der Waals surface area contributed by atoms with Crippen LogP contribution in [0.25, 0.3) is 0 Å². The van der Waals surface area contributed by atoms with E-state index in [9.17, 15) is 9.59 Å². The topological polar surface area (TPSA) is 49.4 Å². The molecule has 0 spiro atoms. The number of nitrogens with zero attached hydrogens (tertiary/aromatic N) is 1. The van der Waals surface area contributed by atoms with Crippen LogP contribution in [0.5, 0.6) is 0 Å². The molecule has 1 saturated heterocycles. The van der Waals surface area contributed by atoms with E-state index < -0.39 is 10.8 Å². The molecule has 1 atom stereocenters. The van der Waals surface area contributed by atoms with Crippen LogP contribution in [0, 0.1) is 0 Å². The van der Waals surface area contributed by atoms with E-state index in [0.717, 1.165) is 5.56 Å². The Morgan fingerprint density at radius 3 is 2.59 bits per heavy atom. The van der Waals surface area contributed by atoms with Crippen molar-refractivity contribution in [2.45, 2.75) is 44.5 Å². The van der Waals surface area contributed by atoms with E-state index in [2.05, 4.69) is 5.32 Å². The summed E-state index contributed by atoms with van der Waals surface area (Å²) < 4.78 is 0.104. The third kappa shape index (κ3) is 3.67. The minimum atomic E-state index is -0.569.